The largest absolute Gasteiger partial charge is 0.477 e. The molecule has 0 amide bonds. The van der Waals surface area contributed by atoms with Crippen LogP contribution >= 0.6 is 11.6 Å². The van der Waals surface area contributed by atoms with Crippen LogP contribution in [0.2, 0.25) is 5.02 Å². The lowest BCUT2D eigenvalue weighted by Gasteiger charge is -2.10. The van der Waals surface area contributed by atoms with Gasteiger partial charge in [-0.15, -0.1) is 0 Å². The van der Waals surface area contributed by atoms with Gasteiger partial charge in [-0.3, -0.25) is 10.1 Å². The Morgan fingerprint density at radius 1 is 1.33 bits per heavy atom. The predicted molar refractivity (Wildman–Crippen MR) is 74.7 cm³/mol. The predicted octanol–water partition coefficient (Wildman–Crippen LogP) is 3.83. The molecule has 2 rings (SSSR count). The van der Waals surface area contributed by atoms with Gasteiger partial charge in [0.15, 0.2) is 0 Å². The van der Waals surface area contributed by atoms with E-state index in [9.17, 15) is 19.3 Å². The Balaban J connectivity index is 2.44. The summed E-state index contributed by atoms with van der Waals surface area (Å²) >= 11 is 5.84. The van der Waals surface area contributed by atoms with Gasteiger partial charge in [-0.05, 0) is 24.3 Å². The molecule has 0 bridgehead atoms. The zero-order valence-electron chi connectivity index (χ0n) is 10.3. The van der Waals surface area contributed by atoms with E-state index < -0.39 is 28.0 Å². The second kappa shape index (κ2) is 5.76. The van der Waals surface area contributed by atoms with Gasteiger partial charge >= 0.3 is 5.97 Å². The van der Waals surface area contributed by atoms with Gasteiger partial charge in [0, 0.05) is 11.8 Å². The maximum Gasteiger partial charge on any atom is 0.342 e. The fraction of sp³-hybridized carbons (Fsp3) is 0. The van der Waals surface area contributed by atoms with Crippen molar-refractivity contribution in [2.45, 2.75) is 0 Å². The minimum atomic E-state index is -1.45. The van der Waals surface area contributed by atoms with Crippen LogP contribution in [0.1, 0.15) is 10.4 Å². The average Bonchev–Trinajstić information content (AvgIpc) is 2.42. The molecule has 0 aliphatic heterocycles. The van der Waals surface area contributed by atoms with Gasteiger partial charge in [0.1, 0.15) is 11.4 Å². The number of nitro benzene ring substituents is 1. The van der Waals surface area contributed by atoms with Crippen molar-refractivity contribution in [3.8, 4) is 0 Å². The van der Waals surface area contributed by atoms with E-state index in [0.717, 1.165) is 12.1 Å². The third-order valence-electron chi connectivity index (χ3n) is 2.66. The van der Waals surface area contributed by atoms with Crippen LogP contribution in [0.5, 0.6) is 0 Å². The summed E-state index contributed by atoms with van der Waals surface area (Å²) in [6, 6.07) is 7.40. The molecule has 2 N–H and O–H groups in total. The number of halogens is 2. The number of hydrogen-bond acceptors (Lipinski definition) is 4. The van der Waals surface area contributed by atoms with Crippen molar-refractivity contribution >= 4 is 34.6 Å². The average molecular weight is 311 g/mol. The van der Waals surface area contributed by atoms with E-state index in [2.05, 4.69) is 5.32 Å². The van der Waals surface area contributed by atoms with Crippen LogP contribution in [0.4, 0.5) is 21.5 Å². The Bertz CT molecular complexity index is 716. The summed E-state index contributed by atoms with van der Waals surface area (Å²) in [4.78, 5) is 21.0. The number of carbonyl (C=O) groups is 1. The number of aromatic carboxylic acids is 1. The number of benzene rings is 2. The number of carboxylic acids is 1. The van der Waals surface area contributed by atoms with Gasteiger partial charge in [0.25, 0.3) is 5.69 Å². The Morgan fingerprint density at radius 3 is 2.62 bits per heavy atom. The minimum Gasteiger partial charge on any atom is -0.477 e. The highest BCUT2D eigenvalue weighted by Crippen LogP contribution is 2.30. The summed E-state index contributed by atoms with van der Waals surface area (Å²) in [6.45, 7) is 0. The zero-order valence-corrected chi connectivity index (χ0v) is 11.1. The molecule has 0 fully saturated rings. The van der Waals surface area contributed by atoms with Crippen LogP contribution in [-0.2, 0) is 0 Å². The smallest absolute Gasteiger partial charge is 0.342 e. The van der Waals surface area contributed by atoms with Crippen LogP contribution in [0.25, 0.3) is 0 Å². The first-order chi connectivity index (χ1) is 9.90. The maximum atomic E-state index is 13.6. The van der Waals surface area contributed by atoms with Crippen LogP contribution in [0, 0.1) is 15.9 Å². The van der Waals surface area contributed by atoms with Gasteiger partial charge < -0.3 is 10.4 Å². The van der Waals surface area contributed by atoms with Gasteiger partial charge in [0.2, 0.25) is 0 Å². The maximum absolute atomic E-state index is 13.6. The van der Waals surface area contributed by atoms with Crippen molar-refractivity contribution in [3.05, 3.63) is 62.9 Å². The molecule has 0 heterocycles. The Hall–Kier alpha value is -2.67. The van der Waals surface area contributed by atoms with E-state index in [1.54, 1.807) is 0 Å². The minimum absolute atomic E-state index is 0.0376. The molecule has 0 aliphatic rings. The highest BCUT2D eigenvalue weighted by molar-refractivity contribution is 6.33. The SMILES string of the molecule is O=C(O)c1cc(Nc2c(F)cccc2Cl)ccc1[N+](=O)[O-]. The molecule has 2 aromatic rings. The van der Waals surface area contributed by atoms with Crippen LogP contribution in [0.3, 0.4) is 0 Å². The second-order valence-corrected chi connectivity index (χ2v) is 4.42. The molecule has 0 spiro atoms. The first-order valence-corrected chi connectivity index (χ1v) is 6.00. The molecule has 0 aromatic heterocycles. The molecular formula is C13H8ClFN2O4. The van der Waals surface area contributed by atoms with Crippen molar-refractivity contribution in [3.63, 3.8) is 0 Å². The molecule has 0 saturated heterocycles. The number of rotatable bonds is 4. The number of nitrogens with one attached hydrogen (secondary N) is 1. The molecule has 108 valence electrons. The third-order valence-corrected chi connectivity index (χ3v) is 2.97. The molecule has 0 aliphatic carbocycles. The summed E-state index contributed by atoms with van der Waals surface area (Å²) in [7, 11) is 0. The summed E-state index contributed by atoms with van der Waals surface area (Å²) in [5, 5.41) is 22.4. The Morgan fingerprint density at radius 2 is 2.05 bits per heavy atom. The normalized spacial score (nSPS) is 10.2. The van der Waals surface area contributed by atoms with Crippen LogP contribution in [-0.4, -0.2) is 16.0 Å². The lowest BCUT2D eigenvalue weighted by molar-refractivity contribution is -0.385. The van der Waals surface area contributed by atoms with E-state index in [-0.39, 0.29) is 16.4 Å². The van der Waals surface area contributed by atoms with Gasteiger partial charge in [0.05, 0.1) is 15.6 Å². The van der Waals surface area contributed by atoms with Crippen molar-refractivity contribution in [2.75, 3.05) is 5.32 Å². The Kier molecular flexibility index (Phi) is 4.04. The molecule has 21 heavy (non-hydrogen) atoms. The summed E-state index contributed by atoms with van der Waals surface area (Å²) in [5.41, 5.74) is -0.917. The van der Waals surface area contributed by atoms with E-state index in [1.807, 2.05) is 0 Å². The summed E-state index contributed by atoms with van der Waals surface area (Å²) in [6.07, 6.45) is 0. The van der Waals surface area contributed by atoms with E-state index in [0.29, 0.717) is 0 Å². The third kappa shape index (κ3) is 3.09. The number of hydrogen-bond donors (Lipinski definition) is 2. The standard InChI is InChI=1S/C13H8ClFN2O4/c14-9-2-1-3-10(15)12(9)16-7-4-5-11(17(20)21)8(6-7)13(18)19/h1-6,16H,(H,18,19). The number of para-hydroxylation sites is 1. The quantitative estimate of drug-likeness (QED) is 0.661. The topological polar surface area (TPSA) is 92.5 Å². The van der Waals surface area contributed by atoms with Crippen molar-refractivity contribution in [2.24, 2.45) is 0 Å². The first kappa shape index (κ1) is 14.7. The van der Waals surface area contributed by atoms with Crippen LogP contribution in [0.15, 0.2) is 36.4 Å². The highest BCUT2D eigenvalue weighted by Gasteiger charge is 2.20. The second-order valence-electron chi connectivity index (χ2n) is 4.02. The van der Waals surface area contributed by atoms with Crippen molar-refractivity contribution in [1.82, 2.24) is 0 Å². The lowest BCUT2D eigenvalue weighted by Crippen LogP contribution is -2.04. The molecule has 0 radical (unpaired) electrons. The van der Waals surface area contributed by atoms with E-state index in [1.165, 1.54) is 24.3 Å². The zero-order chi connectivity index (χ0) is 15.6. The highest BCUT2D eigenvalue weighted by atomic mass is 35.5. The number of carboxylic acid groups (broad SMARTS) is 1. The van der Waals surface area contributed by atoms with Gasteiger partial charge in [-0.1, -0.05) is 17.7 Å². The summed E-state index contributed by atoms with van der Waals surface area (Å²) < 4.78 is 13.6. The number of nitrogens with zero attached hydrogens (tertiary/aromatic N) is 1. The molecule has 2 aromatic carbocycles. The van der Waals surface area contributed by atoms with Crippen LogP contribution < -0.4 is 5.32 Å². The van der Waals surface area contributed by atoms with Gasteiger partial charge in [-0.25, -0.2) is 9.18 Å². The Labute approximate surface area is 122 Å². The van der Waals surface area contributed by atoms with E-state index in [4.69, 9.17) is 16.7 Å². The molecule has 8 heteroatoms. The molecule has 0 atom stereocenters. The molecular weight excluding hydrogens is 303 g/mol. The van der Waals surface area contributed by atoms with Gasteiger partial charge in [-0.2, -0.15) is 0 Å². The fourth-order valence-corrected chi connectivity index (χ4v) is 1.92. The molecule has 0 saturated carbocycles. The summed E-state index contributed by atoms with van der Waals surface area (Å²) in [5.74, 6) is -2.08. The fourth-order valence-electron chi connectivity index (χ4n) is 1.71. The molecule has 0 unspecified atom stereocenters. The monoisotopic (exact) mass is 310 g/mol. The lowest BCUT2D eigenvalue weighted by atomic mass is 10.1. The first-order valence-electron chi connectivity index (χ1n) is 5.63. The molecule has 6 nitrogen and oxygen atoms in total. The van der Waals surface area contributed by atoms with E-state index >= 15 is 0 Å². The van der Waals surface area contributed by atoms with Crippen molar-refractivity contribution in [1.29, 1.82) is 0 Å². The van der Waals surface area contributed by atoms with Crippen molar-refractivity contribution < 1.29 is 19.2 Å². The number of nitro groups is 1. The number of anilines is 2.